The van der Waals surface area contributed by atoms with Gasteiger partial charge in [-0.2, -0.15) is 0 Å². The maximum absolute atomic E-state index is 12.8. The number of ether oxygens (including phenoxy) is 1. The summed E-state index contributed by atoms with van der Waals surface area (Å²) in [4.78, 5) is 25.5. The lowest BCUT2D eigenvalue weighted by molar-refractivity contribution is -0.232. The number of ketones is 1. The Morgan fingerprint density at radius 3 is 2.52 bits per heavy atom. The van der Waals surface area contributed by atoms with Crippen LogP contribution < -0.4 is 0 Å². The average Bonchev–Trinajstić information content (AvgIpc) is 3.01. The van der Waals surface area contributed by atoms with Crippen LogP contribution in [0.3, 0.4) is 0 Å². The Labute approximate surface area is 185 Å². The van der Waals surface area contributed by atoms with Gasteiger partial charge < -0.3 is 14.9 Å². The Kier molecular flexibility index (Phi) is 5.54. The van der Waals surface area contributed by atoms with Crippen molar-refractivity contribution in [2.75, 3.05) is 0 Å². The van der Waals surface area contributed by atoms with Gasteiger partial charge in [-0.25, -0.2) is 4.79 Å². The zero-order chi connectivity index (χ0) is 22.8. The van der Waals surface area contributed by atoms with E-state index < -0.39 is 17.1 Å². The number of carbonyl (C=O) groups is 2. The summed E-state index contributed by atoms with van der Waals surface area (Å²) in [7, 11) is 0. The number of aliphatic hydroxyl groups is 2. The van der Waals surface area contributed by atoms with Gasteiger partial charge in [0, 0.05) is 16.9 Å². The number of hydrogen-bond acceptors (Lipinski definition) is 5. The van der Waals surface area contributed by atoms with Crippen molar-refractivity contribution in [2.45, 2.75) is 97.4 Å². The summed E-state index contributed by atoms with van der Waals surface area (Å²) in [6.07, 6.45) is 8.10. The highest BCUT2D eigenvalue weighted by atomic mass is 16.5. The summed E-state index contributed by atoms with van der Waals surface area (Å²) < 4.78 is 6.11. The molecule has 0 aromatic heterocycles. The van der Waals surface area contributed by atoms with E-state index in [2.05, 4.69) is 13.0 Å². The zero-order valence-electron chi connectivity index (χ0n) is 19.6. The molecule has 8 atom stereocenters. The summed E-state index contributed by atoms with van der Waals surface area (Å²) >= 11 is 0. The molecular weight excluding hydrogens is 392 g/mol. The van der Waals surface area contributed by atoms with Gasteiger partial charge in [0.2, 0.25) is 0 Å². The van der Waals surface area contributed by atoms with Crippen LogP contribution >= 0.6 is 0 Å². The minimum atomic E-state index is -1.05. The maximum Gasteiger partial charge on any atom is 0.333 e. The predicted octanol–water partition coefficient (Wildman–Crippen LogP) is 4.12. The minimum Gasteiger partial charge on any atom is -0.458 e. The average molecular weight is 431 g/mol. The molecule has 31 heavy (non-hydrogen) atoms. The van der Waals surface area contributed by atoms with Crippen LogP contribution in [-0.2, 0) is 14.3 Å². The molecule has 0 spiro atoms. The molecule has 0 saturated heterocycles. The maximum atomic E-state index is 12.8. The summed E-state index contributed by atoms with van der Waals surface area (Å²) in [5.41, 5.74) is -0.131. The standard InChI is InChI=1S/C26H38O5/c1-6-15(2)23(29)31-22-14-21-20(8-7-17-13-18(28)9-11-24(17,21)4)26(30)12-10-19(16(3)27)25(22,26)5/h6-7,18-22,28,30H,8-14H2,1-5H3/b15-6+/t18?,19?,20?,21?,22?,24-,25-,26-/m0/s1. The van der Waals surface area contributed by atoms with E-state index in [1.165, 1.54) is 5.57 Å². The van der Waals surface area contributed by atoms with E-state index in [1.807, 2.05) is 13.8 Å². The van der Waals surface area contributed by atoms with Gasteiger partial charge in [-0.1, -0.05) is 31.6 Å². The largest absolute Gasteiger partial charge is 0.458 e. The molecule has 0 amide bonds. The fraction of sp³-hybridized carbons (Fsp3) is 0.769. The molecule has 4 aliphatic rings. The molecule has 2 N–H and O–H groups in total. The summed E-state index contributed by atoms with van der Waals surface area (Å²) in [6.45, 7) is 9.40. The second-order valence-corrected chi connectivity index (χ2v) is 11.0. The number of rotatable bonds is 3. The van der Waals surface area contributed by atoms with Crippen molar-refractivity contribution in [2.24, 2.45) is 28.6 Å². The van der Waals surface area contributed by atoms with Gasteiger partial charge in [0.1, 0.15) is 11.9 Å². The van der Waals surface area contributed by atoms with Crippen LogP contribution in [0.2, 0.25) is 0 Å². The minimum absolute atomic E-state index is 0.0311. The molecule has 5 unspecified atom stereocenters. The monoisotopic (exact) mass is 430 g/mol. The van der Waals surface area contributed by atoms with Crippen molar-refractivity contribution in [3.05, 3.63) is 23.3 Å². The molecule has 5 heteroatoms. The van der Waals surface area contributed by atoms with Crippen LogP contribution in [-0.4, -0.2) is 39.8 Å². The molecular formula is C26H38O5. The van der Waals surface area contributed by atoms with Crippen LogP contribution in [0.4, 0.5) is 0 Å². The second-order valence-electron chi connectivity index (χ2n) is 11.0. The van der Waals surface area contributed by atoms with E-state index in [9.17, 15) is 19.8 Å². The third-order valence-electron chi connectivity index (χ3n) is 9.82. The molecule has 0 aliphatic heterocycles. The first-order chi connectivity index (χ1) is 14.5. The van der Waals surface area contributed by atoms with Crippen LogP contribution in [0.25, 0.3) is 0 Å². The van der Waals surface area contributed by atoms with Crippen LogP contribution in [0.1, 0.15) is 79.6 Å². The van der Waals surface area contributed by atoms with Crippen molar-refractivity contribution in [3.63, 3.8) is 0 Å². The third kappa shape index (κ3) is 3.10. The first-order valence-corrected chi connectivity index (χ1v) is 11.9. The SMILES string of the molecule is C/C=C(\C)C(=O)OC1CC2C(CC=C3CC(O)CC[C@@]32C)[C@@]2(O)CCC(C(C)=O)[C@@]12C. The predicted molar refractivity (Wildman–Crippen MR) is 118 cm³/mol. The van der Waals surface area contributed by atoms with E-state index >= 15 is 0 Å². The molecule has 0 radical (unpaired) electrons. The lowest BCUT2D eigenvalue weighted by Gasteiger charge is -2.62. The number of esters is 1. The first-order valence-electron chi connectivity index (χ1n) is 11.9. The molecule has 3 fully saturated rings. The molecule has 172 valence electrons. The van der Waals surface area contributed by atoms with E-state index in [1.54, 1.807) is 19.9 Å². The van der Waals surface area contributed by atoms with Crippen molar-refractivity contribution in [1.29, 1.82) is 0 Å². The summed E-state index contributed by atoms with van der Waals surface area (Å²) in [5, 5.41) is 22.5. The third-order valence-corrected chi connectivity index (χ3v) is 9.82. The Balaban J connectivity index is 1.79. The van der Waals surface area contributed by atoms with E-state index in [-0.39, 0.29) is 41.0 Å². The van der Waals surface area contributed by atoms with Gasteiger partial charge in [-0.05, 0) is 83.0 Å². The highest BCUT2D eigenvalue weighted by molar-refractivity contribution is 5.88. The molecule has 0 aromatic carbocycles. The van der Waals surface area contributed by atoms with Gasteiger partial charge in [-0.15, -0.1) is 0 Å². The second kappa shape index (κ2) is 7.55. The fourth-order valence-corrected chi connectivity index (χ4v) is 7.72. The van der Waals surface area contributed by atoms with Crippen LogP contribution in [0.5, 0.6) is 0 Å². The zero-order valence-corrected chi connectivity index (χ0v) is 19.6. The van der Waals surface area contributed by atoms with Gasteiger partial charge in [-0.3, -0.25) is 4.79 Å². The number of allylic oxidation sites excluding steroid dienone is 2. The van der Waals surface area contributed by atoms with Crippen LogP contribution in [0.15, 0.2) is 23.3 Å². The number of hydrogen-bond donors (Lipinski definition) is 2. The van der Waals surface area contributed by atoms with Gasteiger partial charge >= 0.3 is 5.97 Å². The number of fused-ring (bicyclic) bond motifs is 5. The molecule has 3 saturated carbocycles. The summed E-state index contributed by atoms with van der Waals surface area (Å²) in [5.74, 6) is -0.413. The van der Waals surface area contributed by atoms with Gasteiger partial charge in [0.05, 0.1) is 11.7 Å². The topological polar surface area (TPSA) is 83.8 Å². The molecule has 5 nitrogen and oxygen atoms in total. The molecule has 0 bridgehead atoms. The smallest absolute Gasteiger partial charge is 0.333 e. The Morgan fingerprint density at radius 1 is 1.16 bits per heavy atom. The van der Waals surface area contributed by atoms with Crippen molar-refractivity contribution in [1.82, 2.24) is 0 Å². The highest BCUT2D eigenvalue weighted by Gasteiger charge is 2.71. The fourth-order valence-electron chi connectivity index (χ4n) is 7.72. The molecule has 4 rings (SSSR count). The number of Topliss-reactive ketones (excluding diaryl/α,β-unsaturated/α-hetero) is 1. The first kappa shape index (κ1) is 22.7. The normalized spacial score (nSPS) is 47.0. The molecule has 0 heterocycles. The lowest BCUT2D eigenvalue weighted by atomic mass is 9.45. The van der Waals surface area contributed by atoms with E-state index in [4.69, 9.17) is 4.74 Å². The van der Waals surface area contributed by atoms with E-state index in [0.29, 0.717) is 31.3 Å². The molecule has 0 aromatic rings. The Bertz CT molecular complexity index is 843. The summed E-state index contributed by atoms with van der Waals surface area (Å²) in [6, 6.07) is 0. The lowest BCUT2D eigenvalue weighted by Crippen LogP contribution is -2.66. The Morgan fingerprint density at radius 2 is 1.87 bits per heavy atom. The quantitative estimate of drug-likeness (QED) is 0.400. The Hall–Kier alpha value is -1.46. The van der Waals surface area contributed by atoms with Crippen molar-refractivity contribution >= 4 is 11.8 Å². The van der Waals surface area contributed by atoms with Crippen molar-refractivity contribution < 1.29 is 24.5 Å². The number of carbonyl (C=O) groups excluding carboxylic acids is 2. The van der Waals surface area contributed by atoms with Crippen LogP contribution in [0, 0.1) is 28.6 Å². The molecule has 4 aliphatic carbocycles. The van der Waals surface area contributed by atoms with Crippen molar-refractivity contribution in [3.8, 4) is 0 Å². The van der Waals surface area contributed by atoms with E-state index in [0.717, 1.165) is 19.3 Å². The number of aliphatic hydroxyl groups excluding tert-OH is 1. The highest BCUT2D eigenvalue weighted by Crippen LogP contribution is 2.68. The van der Waals surface area contributed by atoms with Gasteiger partial charge in [0.25, 0.3) is 0 Å². The van der Waals surface area contributed by atoms with Gasteiger partial charge in [0.15, 0.2) is 0 Å².